The molecule has 0 atom stereocenters. The molecule has 0 saturated carbocycles. The van der Waals surface area contributed by atoms with Gasteiger partial charge in [0.2, 0.25) is 5.88 Å². The summed E-state index contributed by atoms with van der Waals surface area (Å²) in [5.74, 6) is 0.565. The lowest BCUT2D eigenvalue weighted by atomic mass is 10.2. The Balaban J connectivity index is 1.93. The van der Waals surface area contributed by atoms with Crippen molar-refractivity contribution < 1.29 is 14.3 Å². The molecule has 0 unspecified atom stereocenters. The Bertz CT molecular complexity index is 960. The predicted octanol–water partition coefficient (Wildman–Crippen LogP) is 5.19. The van der Waals surface area contributed by atoms with Gasteiger partial charge in [-0.1, -0.05) is 6.07 Å². The Morgan fingerprint density at radius 3 is 2.69 bits per heavy atom. The second-order valence-electron chi connectivity index (χ2n) is 6.79. The molecule has 2 heterocycles. The van der Waals surface area contributed by atoms with Gasteiger partial charge in [-0.05, 0) is 67.6 Å². The van der Waals surface area contributed by atoms with Gasteiger partial charge >= 0.3 is 6.09 Å². The number of aromatic nitrogens is 2. The standard InChI is InChI=1S/C19H20IN3O3/c1-19(2,3)26-18(24)22-12-6-5-11-9-15(23-14(11)10-12)16-13(20)7-8-21-17(16)25-4/h5-10,23H,1-4H3,(H,22,24). The molecule has 0 aliphatic rings. The Kier molecular flexibility index (Phi) is 5.08. The van der Waals surface area contributed by atoms with Crippen molar-refractivity contribution in [2.45, 2.75) is 26.4 Å². The first kappa shape index (κ1) is 18.5. The first-order valence-electron chi connectivity index (χ1n) is 8.08. The third kappa shape index (κ3) is 4.09. The summed E-state index contributed by atoms with van der Waals surface area (Å²) in [4.78, 5) is 19.6. The van der Waals surface area contributed by atoms with Crippen molar-refractivity contribution in [3.05, 3.63) is 40.1 Å². The fourth-order valence-electron chi connectivity index (χ4n) is 2.58. The van der Waals surface area contributed by atoms with E-state index in [0.717, 1.165) is 25.7 Å². The van der Waals surface area contributed by atoms with Crippen molar-refractivity contribution in [3.63, 3.8) is 0 Å². The van der Waals surface area contributed by atoms with Crippen LogP contribution in [-0.4, -0.2) is 28.8 Å². The van der Waals surface area contributed by atoms with Crippen LogP contribution < -0.4 is 10.1 Å². The van der Waals surface area contributed by atoms with E-state index in [1.165, 1.54) is 0 Å². The maximum Gasteiger partial charge on any atom is 0.412 e. The van der Waals surface area contributed by atoms with Crippen LogP contribution in [0.25, 0.3) is 22.2 Å². The molecular formula is C19H20IN3O3. The molecule has 0 aliphatic carbocycles. The maximum atomic E-state index is 11.9. The second kappa shape index (κ2) is 7.14. The molecule has 0 radical (unpaired) electrons. The number of fused-ring (bicyclic) bond motifs is 1. The van der Waals surface area contributed by atoms with Gasteiger partial charge in [-0.3, -0.25) is 5.32 Å². The number of aromatic amines is 1. The van der Waals surface area contributed by atoms with Gasteiger partial charge in [0.25, 0.3) is 0 Å². The number of amides is 1. The number of H-pyrrole nitrogens is 1. The van der Waals surface area contributed by atoms with Crippen LogP contribution in [0.1, 0.15) is 20.8 Å². The summed E-state index contributed by atoms with van der Waals surface area (Å²) in [5.41, 5.74) is 2.84. The molecule has 6 nitrogen and oxygen atoms in total. The Labute approximate surface area is 165 Å². The second-order valence-corrected chi connectivity index (χ2v) is 7.95. The molecular weight excluding hydrogens is 445 g/mol. The number of anilines is 1. The zero-order valence-electron chi connectivity index (χ0n) is 15.0. The molecule has 1 amide bonds. The summed E-state index contributed by atoms with van der Waals surface area (Å²) in [6.45, 7) is 5.49. The number of carbonyl (C=O) groups excluding carboxylic acids is 1. The quantitative estimate of drug-likeness (QED) is 0.522. The lowest BCUT2D eigenvalue weighted by Gasteiger charge is -2.19. The summed E-state index contributed by atoms with van der Waals surface area (Å²) in [6, 6.07) is 9.62. The first-order chi connectivity index (χ1) is 12.3. The molecule has 3 aromatic rings. The molecule has 0 spiro atoms. The number of methoxy groups -OCH3 is 1. The SMILES string of the molecule is COc1nccc(I)c1-c1cc2ccc(NC(=O)OC(C)(C)C)cc2[nH]1. The van der Waals surface area contributed by atoms with Gasteiger partial charge in [0.05, 0.1) is 18.4 Å². The van der Waals surface area contributed by atoms with E-state index in [1.807, 2.05) is 51.1 Å². The topological polar surface area (TPSA) is 76.2 Å². The molecule has 136 valence electrons. The van der Waals surface area contributed by atoms with E-state index >= 15 is 0 Å². The number of nitrogens with one attached hydrogen (secondary N) is 2. The zero-order chi connectivity index (χ0) is 18.9. The molecule has 0 saturated heterocycles. The van der Waals surface area contributed by atoms with Crippen molar-refractivity contribution in [3.8, 4) is 17.1 Å². The van der Waals surface area contributed by atoms with E-state index in [4.69, 9.17) is 9.47 Å². The van der Waals surface area contributed by atoms with Crippen LogP contribution in [0.15, 0.2) is 36.5 Å². The van der Waals surface area contributed by atoms with Gasteiger partial charge < -0.3 is 14.5 Å². The molecule has 0 fully saturated rings. The number of ether oxygens (including phenoxy) is 2. The Hall–Kier alpha value is -2.29. The zero-order valence-corrected chi connectivity index (χ0v) is 17.2. The van der Waals surface area contributed by atoms with Crippen molar-refractivity contribution in [1.29, 1.82) is 0 Å². The molecule has 2 N–H and O–H groups in total. The molecule has 26 heavy (non-hydrogen) atoms. The number of carbonyl (C=O) groups is 1. The van der Waals surface area contributed by atoms with Crippen LogP contribution in [0.5, 0.6) is 5.88 Å². The van der Waals surface area contributed by atoms with Gasteiger partial charge in [-0.15, -0.1) is 0 Å². The van der Waals surface area contributed by atoms with Crippen LogP contribution in [0, 0.1) is 3.57 Å². The lowest BCUT2D eigenvalue weighted by Crippen LogP contribution is -2.27. The van der Waals surface area contributed by atoms with E-state index in [0.29, 0.717) is 11.6 Å². The van der Waals surface area contributed by atoms with E-state index in [-0.39, 0.29) is 0 Å². The highest BCUT2D eigenvalue weighted by Crippen LogP contribution is 2.34. The summed E-state index contributed by atoms with van der Waals surface area (Å²) < 4.78 is 11.7. The fourth-order valence-corrected chi connectivity index (χ4v) is 3.26. The molecule has 7 heteroatoms. The highest BCUT2D eigenvalue weighted by molar-refractivity contribution is 14.1. The van der Waals surface area contributed by atoms with E-state index < -0.39 is 11.7 Å². The van der Waals surface area contributed by atoms with Crippen molar-refractivity contribution in [2.75, 3.05) is 12.4 Å². The predicted molar refractivity (Wildman–Crippen MR) is 111 cm³/mol. The van der Waals surface area contributed by atoms with Gasteiger partial charge in [-0.2, -0.15) is 0 Å². The fraction of sp³-hybridized carbons (Fsp3) is 0.263. The van der Waals surface area contributed by atoms with Gasteiger partial charge in [0.1, 0.15) is 5.60 Å². The average Bonchev–Trinajstić information content (AvgIpc) is 2.95. The number of halogens is 1. The van der Waals surface area contributed by atoms with Crippen LogP contribution in [0.4, 0.5) is 10.5 Å². The highest BCUT2D eigenvalue weighted by atomic mass is 127. The number of nitrogens with zero attached hydrogens (tertiary/aromatic N) is 1. The maximum absolute atomic E-state index is 11.9. The van der Waals surface area contributed by atoms with Crippen LogP contribution in [0.2, 0.25) is 0 Å². The van der Waals surface area contributed by atoms with Crippen LogP contribution in [-0.2, 0) is 4.74 Å². The first-order valence-corrected chi connectivity index (χ1v) is 9.16. The molecule has 1 aromatic carbocycles. The number of hydrogen-bond acceptors (Lipinski definition) is 4. The van der Waals surface area contributed by atoms with E-state index in [1.54, 1.807) is 13.3 Å². The molecule has 3 rings (SSSR count). The monoisotopic (exact) mass is 465 g/mol. The minimum Gasteiger partial charge on any atom is -0.480 e. The molecule has 0 aliphatic heterocycles. The summed E-state index contributed by atoms with van der Waals surface area (Å²) in [6.07, 6.45) is 1.24. The summed E-state index contributed by atoms with van der Waals surface area (Å²) in [7, 11) is 1.60. The minimum absolute atomic E-state index is 0.480. The normalized spacial score (nSPS) is 11.4. The van der Waals surface area contributed by atoms with E-state index in [2.05, 4.69) is 37.9 Å². The van der Waals surface area contributed by atoms with Crippen LogP contribution >= 0.6 is 22.6 Å². The average molecular weight is 465 g/mol. The number of rotatable bonds is 3. The van der Waals surface area contributed by atoms with Crippen molar-refractivity contribution in [2.24, 2.45) is 0 Å². The largest absolute Gasteiger partial charge is 0.480 e. The van der Waals surface area contributed by atoms with Crippen molar-refractivity contribution in [1.82, 2.24) is 9.97 Å². The third-order valence-corrected chi connectivity index (χ3v) is 4.49. The number of benzene rings is 1. The van der Waals surface area contributed by atoms with E-state index in [9.17, 15) is 4.79 Å². The Morgan fingerprint density at radius 1 is 1.23 bits per heavy atom. The lowest BCUT2D eigenvalue weighted by molar-refractivity contribution is 0.0636. The Morgan fingerprint density at radius 2 is 2.00 bits per heavy atom. The third-order valence-electron chi connectivity index (χ3n) is 3.60. The minimum atomic E-state index is -0.540. The summed E-state index contributed by atoms with van der Waals surface area (Å²) in [5, 5.41) is 3.78. The summed E-state index contributed by atoms with van der Waals surface area (Å²) >= 11 is 2.26. The van der Waals surface area contributed by atoms with Crippen molar-refractivity contribution >= 4 is 45.3 Å². The van der Waals surface area contributed by atoms with Gasteiger partial charge in [0, 0.05) is 26.4 Å². The number of hydrogen-bond donors (Lipinski definition) is 2. The number of pyridine rings is 1. The van der Waals surface area contributed by atoms with Crippen LogP contribution in [0.3, 0.4) is 0 Å². The molecule has 0 bridgehead atoms. The highest BCUT2D eigenvalue weighted by Gasteiger charge is 2.17. The smallest absolute Gasteiger partial charge is 0.412 e. The molecule has 2 aromatic heterocycles. The van der Waals surface area contributed by atoms with Gasteiger partial charge in [0.15, 0.2) is 0 Å². The van der Waals surface area contributed by atoms with Gasteiger partial charge in [-0.25, -0.2) is 9.78 Å².